The zero-order valence-corrected chi connectivity index (χ0v) is 10.0. The van der Waals surface area contributed by atoms with Crippen LogP contribution in [-0.2, 0) is 6.54 Å². The molecule has 0 aromatic carbocycles. The van der Waals surface area contributed by atoms with Crippen LogP contribution in [0.25, 0.3) is 0 Å². The molecule has 88 valence electrons. The second-order valence-corrected chi connectivity index (χ2v) is 4.42. The van der Waals surface area contributed by atoms with Crippen LogP contribution in [0.4, 0.5) is 0 Å². The third-order valence-corrected chi connectivity index (χ3v) is 3.34. The second kappa shape index (κ2) is 5.97. The van der Waals surface area contributed by atoms with E-state index in [0.29, 0.717) is 0 Å². The van der Waals surface area contributed by atoms with Crippen molar-refractivity contribution in [1.82, 2.24) is 15.2 Å². The van der Waals surface area contributed by atoms with Gasteiger partial charge in [0.25, 0.3) is 0 Å². The van der Waals surface area contributed by atoms with Gasteiger partial charge >= 0.3 is 0 Å². The van der Waals surface area contributed by atoms with Crippen molar-refractivity contribution >= 4 is 0 Å². The summed E-state index contributed by atoms with van der Waals surface area (Å²) in [7, 11) is 0. The van der Waals surface area contributed by atoms with Crippen LogP contribution in [0.3, 0.4) is 0 Å². The first-order chi connectivity index (χ1) is 7.90. The number of aromatic nitrogens is 1. The van der Waals surface area contributed by atoms with Crippen molar-refractivity contribution in [2.75, 3.05) is 19.6 Å². The van der Waals surface area contributed by atoms with Crippen LogP contribution >= 0.6 is 0 Å². The lowest BCUT2D eigenvalue weighted by Crippen LogP contribution is -2.37. The zero-order valence-electron chi connectivity index (χ0n) is 10.0. The van der Waals surface area contributed by atoms with Gasteiger partial charge in [-0.25, -0.2) is 0 Å². The molecule has 2 rings (SSSR count). The normalized spacial score (nSPS) is 21.4. The molecular weight excluding hydrogens is 198 g/mol. The Balaban J connectivity index is 1.72. The Morgan fingerprint density at radius 1 is 1.56 bits per heavy atom. The first kappa shape index (κ1) is 11.6. The molecule has 1 aliphatic heterocycles. The van der Waals surface area contributed by atoms with Gasteiger partial charge in [0.2, 0.25) is 0 Å². The molecule has 0 saturated carbocycles. The number of likely N-dealkylation sites (tertiary alicyclic amines) is 1. The summed E-state index contributed by atoms with van der Waals surface area (Å²) in [6.45, 7) is 6.74. The molecule has 1 fully saturated rings. The minimum atomic E-state index is 0.738. The maximum absolute atomic E-state index is 4.12. The van der Waals surface area contributed by atoms with Gasteiger partial charge in [-0.05, 0) is 37.6 Å². The van der Waals surface area contributed by atoms with Gasteiger partial charge in [-0.1, -0.05) is 13.0 Å². The van der Waals surface area contributed by atoms with Crippen LogP contribution < -0.4 is 5.32 Å². The molecule has 3 heteroatoms. The third kappa shape index (κ3) is 3.03. The standard InChI is InChI=1S/C13H21N3/c1-2-16-8-4-6-13(16)11-15-10-12-5-3-7-14-9-12/h3,5,7,9,13,15H,2,4,6,8,10-11H2,1H3/t13-/m1/s1. The molecule has 1 N–H and O–H groups in total. The predicted molar refractivity (Wildman–Crippen MR) is 66.2 cm³/mol. The Bertz CT molecular complexity index is 299. The quantitative estimate of drug-likeness (QED) is 0.816. The smallest absolute Gasteiger partial charge is 0.0312 e. The molecule has 0 radical (unpaired) electrons. The van der Waals surface area contributed by atoms with E-state index in [1.54, 1.807) is 0 Å². The van der Waals surface area contributed by atoms with Crippen molar-refractivity contribution in [1.29, 1.82) is 0 Å². The van der Waals surface area contributed by atoms with Gasteiger partial charge in [-0.3, -0.25) is 9.88 Å². The highest BCUT2D eigenvalue weighted by molar-refractivity contribution is 5.07. The Labute approximate surface area is 97.9 Å². The van der Waals surface area contributed by atoms with Gasteiger partial charge < -0.3 is 5.32 Å². The summed E-state index contributed by atoms with van der Waals surface area (Å²) in [5, 5.41) is 3.53. The number of hydrogen-bond donors (Lipinski definition) is 1. The van der Waals surface area contributed by atoms with E-state index in [9.17, 15) is 0 Å². The highest BCUT2D eigenvalue weighted by atomic mass is 15.2. The van der Waals surface area contributed by atoms with E-state index < -0.39 is 0 Å². The molecule has 1 aromatic heterocycles. The number of pyridine rings is 1. The van der Waals surface area contributed by atoms with E-state index in [2.05, 4.69) is 28.2 Å². The monoisotopic (exact) mass is 219 g/mol. The Morgan fingerprint density at radius 3 is 3.25 bits per heavy atom. The van der Waals surface area contributed by atoms with E-state index in [-0.39, 0.29) is 0 Å². The summed E-state index contributed by atoms with van der Waals surface area (Å²) in [5.74, 6) is 0. The van der Waals surface area contributed by atoms with Crippen molar-refractivity contribution in [2.24, 2.45) is 0 Å². The average molecular weight is 219 g/mol. The van der Waals surface area contributed by atoms with E-state index in [0.717, 1.165) is 19.1 Å². The minimum absolute atomic E-state index is 0.738. The number of likely N-dealkylation sites (N-methyl/N-ethyl adjacent to an activating group) is 1. The lowest BCUT2D eigenvalue weighted by Gasteiger charge is -2.22. The number of hydrogen-bond acceptors (Lipinski definition) is 3. The number of rotatable bonds is 5. The largest absolute Gasteiger partial charge is 0.311 e. The molecule has 3 nitrogen and oxygen atoms in total. The lowest BCUT2D eigenvalue weighted by molar-refractivity contribution is 0.260. The molecule has 16 heavy (non-hydrogen) atoms. The van der Waals surface area contributed by atoms with E-state index in [1.807, 2.05) is 18.5 Å². The molecule has 1 aliphatic rings. The first-order valence-corrected chi connectivity index (χ1v) is 6.24. The van der Waals surface area contributed by atoms with E-state index >= 15 is 0 Å². The van der Waals surface area contributed by atoms with Crippen molar-refractivity contribution in [3.8, 4) is 0 Å². The van der Waals surface area contributed by atoms with Crippen molar-refractivity contribution in [3.63, 3.8) is 0 Å². The van der Waals surface area contributed by atoms with Gasteiger partial charge in [0.15, 0.2) is 0 Å². The topological polar surface area (TPSA) is 28.2 Å². The minimum Gasteiger partial charge on any atom is -0.311 e. The maximum atomic E-state index is 4.12. The summed E-state index contributed by atoms with van der Waals surface area (Å²) in [6, 6.07) is 4.85. The fraction of sp³-hybridized carbons (Fsp3) is 0.615. The SMILES string of the molecule is CCN1CCC[C@@H]1CNCc1cccnc1. The lowest BCUT2D eigenvalue weighted by atomic mass is 10.2. The fourth-order valence-electron chi connectivity index (χ4n) is 2.43. The van der Waals surface area contributed by atoms with Crippen LogP contribution in [0.1, 0.15) is 25.3 Å². The van der Waals surface area contributed by atoms with Crippen LogP contribution in [0.2, 0.25) is 0 Å². The predicted octanol–water partition coefficient (Wildman–Crippen LogP) is 1.66. The summed E-state index contributed by atoms with van der Waals surface area (Å²) >= 11 is 0. The van der Waals surface area contributed by atoms with E-state index in [1.165, 1.54) is 31.5 Å². The van der Waals surface area contributed by atoms with Crippen LogP contribution in [-0.4, -0.2) is 35.6 Å². The first-order valence-electron chi connectivity index (χ1n) is 6.24. The third-order valence-electron chi connectivity index (χ3n) is 3.34. The molecule has 0 unspecified atom stereocenters. The molecule has 2 heterocycles. The van der Waals surface area contributed by atoms with Gasteiger partial charge in [-0.2, -0.15) is 0 Å². The molecule has 0 spiro atoms. The van der Waals surface area contributed by atoms with E-state index in [4.69, 9.17) is 0 Å². The summed E-state index contributed by atoms with van der Waals surface area (Å²) in [4.78, 5) is 6.68. The molecule has 0 amide bonds. The number of nitrogens with one attached hydrogen (secondary N) is 1. The van der Waals surface area contributed by atoms with Crippen LogP contribution in [0, 0.1) is 0 Å². The molecule has 1 saturated heterocycles. The number of nitrogens with zero attached hydrogens (tertiary/aromatic N) is 2. The van der Waals surface area contributed by atoms with Crippen LogP contribution in [0.5, 0.6) is 0 Å². The second-order valence-electron chi connectivity index (χ2n) is 4.42. The van der Waals surface area contributed by atoms with Gasteiger partial charge in [-0.15, -0.1) is 0 Å². The average Bonchev–Trinajstić information content (AvgIpc) is 2.78. The molecule has 0 aliphatic carbocycles. The van der Waals surface area contributed by atoms with Gasteiger partial charge in [0.1, 0.15) is 0 Å². The summed E-state index contributed by atoms with van der Waals surface area (Å²) < 4.78 is 0. The van der Waals surface area contributed by atoms with Gasteiger partial charge in [0, 0.05) is 31.5 Å². The molecule has 0 bridgehead atoms. The zero-order chi connectivity index (χ0) is 11.2. The fourth-order valence-corrected chi connectivity index (χ4v) is 2.43. The van der Waals surface area contributed by atoms with Crippen molar-refractivity contribution < 1.29 is 0 Å². The highest BCUT2D eigenvalue weighted by Crippen LogP contribution is 2.15. The van der Waals surface area contributed by atoms with Crippen molar-refractivity contribution in [2.45, 2.75) is 32.4 Å². The maximum Gasteiger partial charge on any atom is 0.0312 e. The molecular formula is C13H21N3. The highest BCUT2D eigenvalue weighted by Gasteiger charge is 2.21. The molecule has 1 atom stereocenters. The Kier molecular flexibility index (Phi) is 4.31. The Hall–Kier alpha value is -0.930. The van der Waals surface area contributed by atoms with Crippen molar-refractivity contribution in [3.05, 3.63) is 30.1 Å². The summed E-state index contributed by atoms with van der Waals surface area (Å²) in [5.41, 5.74) is 1.27. The molecule has 1 aromatic rings. The Morgan fingerprint density at radius 2 is 2.50 bits per heavy atom. The van der Waals surface area contributed by atoms with Crippen LogP contribution in [0.15, 0.2) is 24.5 Å². The summed E-state index contributed by atoms with van der Waals surface area (Å²) in [6.07, 6.45) is 6.44. The van der Waals surface area contributed by atoms with Gasteiger partial charge in [0.05, 0.1) is 0 Å².